The summed E-state index contributed by atoms with van der Waals surface area (Å²) < 4.78 is 19.0. The first-order valence-corrected chi connectivity index (χ1v) is 6.48. The number of benzene rings is 1. The standard InChI is InChI=1S/C14H20FNO3/c1-9-5-14(12(10(2)18)6-13(9)15)16-3-4-19-11(7-16)8-17/h5-6,10-11,17-18H,3-4,7-8H2,1-2H3/t10-,11?/m1/s1. The van der Waals surface area contributed by atoms with Crippen molar-refractivity contribution in [2.45, 2.75) is 26.1 Å². The van der Waals surface area contributed by atoms with E-state index < -0.39 is 6.10 Å². The van der Waals surface area contributed by atoms with Gasteiger partial charge in [0.1, 0.15) is 5.82 Å². The molecule has 19 heavy (non-hydrogen) atoms. The SMILES string of the molecule is Cc1cc(N2CCOC(CO)C2)c([C@@H](C)O)cc1F. The van der Waals surface area contributed by atoms with Gasteiger partial charge in [0, 0.05) is 24.3 Å². The van der Waals surface area contributed by atoms with E-state index in [0.717, 1.165) is 5.69 Å². The van der Waals surface area contributed by atoms with Crippen LogP contribution in [0.5, 0.6) is 0 Å². The molecule has 0 bridgehead atoms. The molecule has 1 aliphatic rings. The first-order chi connectivity index (χ1) is 9.02. The number of morpholine rings is 1. The fourth-order valence-corrected chi connectivity index (χ4v) is 2.34. The largest absolute Gasteiger partial charge is 0.394 e. The molecule has 0 aliphatic carbocycles. The molecule has 1 saturated heterocycles. The van der Waals surface area contributed by atoms with Gasteiger partial charge >= 0.3 is 0 Å². The second kappa shape index (κ2) is 5.86. The van der Waals surface area contributed by atoms with E-state index in [2.05, 4.69) is 0 Å². The van der Waals surface area contributed by atoms with Gasteiger partial charge in [-0.25, -0.2) is 4.39 Å². The minimum absolute atomic E-state index is 0.0410. The molecule has 2 rings (SSSR count). The van der Waals surface area contributed by atoms with Gasteiger partial charge in [0.25, 0.3) is 0 Å². The predicted octanol–water partition coefficient (Wildman–Crippen LogP) is 1.38. The Bertz CT molecular complexity index is 451. The van der Waals surface area contributed by atoms with Crippen LogP contribution in [0.4, 0.5) is 10.1 Å². The average molecular weight is 269 g/mol. The number of anilines is 1. The smallest absolute Gasteiger partial charge is 0.126 e. The second-order valence-corrected chi connectivity index (χ2v) is 4.96. The number of rotatable bonds is 3. The molecule has 0 radical (unpaired) electrons. The highest BCUT2D eigenvalue weighted by Crippen LogP contribution is 2.30. The van der Waals surface area contributed by atoms with Gasteiger partial charge in [-0.1, -0.05) is 0 Å². The molecule has 2 atom stereocenters. The fraction of sp³-hybridized carbons (Fsp3) is 0.571. The molecule has 1 unspecified atom stereocenters. The number of aryl methyl sites for hydroxylation is 1. The molecule has 4 nitrogen and oxygen atoms in total. The van der Waals surface area contributed by atoms with Gasteiger partial charge in [-0.15, -0.1) is 0 Å². The van der Waals surface area contributed by atoms with Crippen LogP contribution < -0.4 is 4.90 Å². The summed E-state index contributed by atoms with van der Waals surface area (Å²) >= 11 is 0. The summed E-state index contributed by atoms with van der Waals surface area (Å²) in [6.45, 7) is 5.01. The molecule has 0 aromatic heterocycles. The van der Waals surface area contributed by atoms with Crippen molar-refractivity contribution in [2.24, 2.45) is 0 Å². The normalized spacial score (nSPS) is 21.5. The molecular formula is C14H20FNO3. The van der Waals surface area contributed by atoms with Crippen LogP contribution in [0.1, 0.15) is 24.2 Å². The lowest BCUT2D eigenvalue weighted by molar-refractivity contribution is 0.00342. The van der Waals surface area contributed by atoms with E-state index >= 15 is 0 Å². The molecule has 0 spiro atoms. The molecule has 0 saturated carbocycles. The Morgan fingerprint density at radius 1 is 1.53 bits per heavy atom. The number of hydrogen-bond donors (Lipinski definition) is 2. The van der Waals surface area contributed by atoms with Crippen LogP contribution in [0.25, 0.3) is 0 Å². The third kappa shape index (κ3) is 3.05. The molecule has 1 fully saturated rings. The Kier molecular flexibility index (Phi) is 4.39. The number of halogens is 1. The molecule has 1 heterocycles. The van der Waals surface area contributed by atoms with Crippen LogP contribution in [-0.2, 0) is 4.74 Å². The topological polar surface area (TPSA) is 52.9 Å². The maximum atomic E-state index is 13.6. The van der Waals surface area contributed by atoms with Crippen molar-refractivity contribution < 1.29 is 19.3 Å². The van der Waals surface area contributed by atoms with Crippen molar-refractivity contribution in [1.29, 1.82) is 0 Å². The number of ether oxygens (including phenoxy) is 1. The third-order valence-corrected chi connectivity index (χ3v) is 3.44. The number of aliphatic hydroxyl groups excluding tert-OH is 2. The van der Waals surface area contributed by atoms with Gasteiger partial charge in [-0.05, 0) is 31.5 Å². The van der Waals surface area contributed by atoms with Gasteiger partial charge in [-0.2, -0.15) is 0 Å². The highest BCUT2D eigenvalue weighted by atomic mass is 19.1. The van der Waals surface area contributed by atoms with Crippen molar-refractivity contribution in [1.82, 2.24) is 0 Å². The van der Waals surface area contributed by atoms with Gasteiger partial charge in [0.2, 0.25) is 0 Å². The van der Waals surface area contributed by atoms with E-state index in [1.807, 2.05) is 4.90 Å². The summed E-state index contributed by atoms with van der Waals surface area (Å²) in [5.74, 6) is -0.313. The molecule has 2 N–H and O–H groups in total. The van der Waals surface area contributed by atoms with E-state index in [1.165, 1.54) is 6.07 Å². The Morgan fingerprint density at radius 3 is 2.89 bits per heavy atom. The fourth-order valence-electron chi connectivity index (χ4n) is 2.34. The molecule has 1 aliphatic heterocycles. The van der Waals surface area contributed by atoms with E-state index in [4.69, 9.17) is 4.74 Å². The third-order valence-electron chi connectivity index (χ3n) is 3.44. The molecule has 5 heteroatoms. The minimum atomic E-state index is -0.736. The molecule has 106 valence electrons. The quantitative estimate of drug-likeness (QED) is 0.870. The van der Waals surface area contributed by atoms with Crippen LogP contribution in [-0.4, -0.2) is 42.6 Å². The van der Waals surface area contributed by atoms with Gasteiger partial charge < -0.3 is 19.8 Å². The Labute approximate surface area is 112 Å². The Balaban J connectivity index is 2.34. The Morgan fingerprint density at radius 2 is 2.26 bits per heavy atom. The first kappa shape index (κ1) is 14.2. The van der Waals surface area contributed by atoms with E-state index in [9.17, 15) is 14.6 Å². The lowest BCUT2D eigenvalue weighted by Crippen LogP contribution is -2.44. The monoisotopic (exact) mass is 269 g/mol. The van der Waals surface area contributed by atoms with Crippen LogP contribution >= 0.6 is 0 Å². The zero-order valence-corrected chi connectivity index (χ0v) is 11.3. The first-order valence-electron chi connectivity index (χ1n) is 6.48. The summed E-state index contributed by atoms with van der Waals surface area (Å²) in [7, 11) is 0. The van der Waals surface area contributed by atoms with Crippen molar-refractivity contribution in [2.75, 3.05) is 31.2 Å². The van der Waals surface area contributed by atoms with Gasteiger partial charge in [0.05, 0.1) is 25.4 Å². The zero-order valence-electron chi connectivity index (χ0n) is 11.3. The van der Waals surface area contributed by atoms with Crippen molar-refractivity contribution in [3.63, 3.8) is 0 Å². The van der Waals surface area contributed by atoms with Crippen molar-refractivity contribution >= 4 is 5.69 Å². The summed E-state index contributed by atoms with van der Waals surface area (Å²) in [4.78, 5) is 2.03. The molecule has 1 aromatic rings. The second-order valence-electron chi connectivity index (χ2n) is 4.96. The van der Waals surface area contributed by atoms with E-state index in [0.29, 0.717) is 30.8 Å². The maximum Gasteiger partial charge on any atom is 0.126 e. The van der Waals surface area contributed by atoms with Crippen LogP contribution in [0.3, 0.4) is 0 Å². The lowest BCUT2D eigenvalue weighted by atomic mass is 10.0. The average Bonchev–Trinajstić information content (AvgIpc) is 2.41. The summed E-state index contributed by atoms with van der Waals surface area (Å²) in [6, 6.07) is 3.13. The summed E-state index contributed by atoms with van der Waals surface area (Å²) in [5.41, 5.74) is 1.93. The molecule has 1 aromatic carbocycles. The van der Waals surface area contributed by atoms with Crippen LogP contribution in [0.15, 0.2) is 12.1 Å². The number of aliphatic hydroxyl groups is 2. The van der Waals surface area contributed by atoms with Crippen LogP contribution in [0.2, 0.25) is 0 Å². The summed E-state index contributed by atoms with van der Waals surface area (Å²) in [6.07, 6.45) is -0.971. The van der Waals surface area contributed by atoms with Crippen molar-refractivity contribution in [3.05, 3.63) is 29.1 Å². The Hall–Kier alpha value is -1.17. The van der Waals surface area contributed by atoms with Gasteiger partial charge in [0.15, 0.2) is 0 Å². The van der Waals surface area contributed by atoms with E-state index in [1.54, 1.807) is 19.9 Å². The van der Waals surface area contributed by atoms with Crippen molar-refractivity contribution in [3.8, 4) is 0 Å². The van der Waals surface area contributed by atoms with Gasteiger partial charge in [-0.3, -0.25) is 0 Å². The predicted molar refractivity (Wildman–Crippen MR) is 70.8 cm³/mol. The highest BCUT2D eigenvalue weighted by molar-refractivity contribution is 5.57. The highest BCUT2D eigenvalue weighted by Gasteiger charge is 2.23. The number of nitrogens with zero attached hydrogens (tertiary/aromatic N) is 1. The maximum absolute atomic E-state index is 13.6. The lowest BCUT2D eigenvalue weighted by Gasteiger charge is -2.35. The van der Waals surface area contributed by atoms with Crippen LogP contribution in [0, 0.1) is 12.7 Å². The van der Waals surface area contributed by atoms with E-state index in [-0.39, 0.29) is 18.5 Å². The molecule has 0 amide bonds. The number of hydrogen-bond acceptors (Lipinski definition) is 4. The summed E-state index contributed by atoms with van der Waals surface area (Å²) in [5, 5.41) is 19.0. The minimum Gasteiger partial charge on any atom is -0.394 e. The zero-order chi connectivity index (χ0) is 14.0. The molecular weight excluding hydrogens is 249 g/mol.